The molecule has 0 saturated carbocycles. The highest BCUT2D eigenvalue weighted by Crippen LogP contribution is 2.18. The van der Waals surface area contributed by atoms with Gasteiger partial charge in [-0.3, -0.25) is 4.79 Å². The maximum Gasteiger partial charge on any atom is 0.273 e. The van der Waals surface area contributed by atoms with E-state index in [1.54, 1.807) is 17.4 Å². The standard InChI is InChI=1S/C20H20N4O2S/c1-13-8-10-27-19(13)7-9-21-20(25)17-11-15(26-23-17)12-24-14(2)22-16-5-3-4-6-18(16)24/h3-6,8,10-11H,7,9,12H2,1-2H3,(H,21,25). The average molecular weight is 380 g/mol. The SMILES string of the molecule is Cc1ccsc1CCNC(=O)c1cc(Cn2c(C)nc3ccccc32)on1. The third-order valence-corrected chi connectivity index (χ3v) is 5.64. The largest absolute Gasteiger partial charge is 0.359 e. The number of thiophene rings is 1. The van der Waals surface area contributed by atoms with Gasteiger partial charge < -0.3 is 14.4 Å². The number of fused-ring (bicyclic) bond motifs is 1. The molecular formula is C20H20N4O2S. The smallest absolute Gasteiger partial charge is 0.273 e. The zero-order valence-electron chi connectivity index (χ0n) is 15.2. The van der Waals surface area contributed by atoms with Crippen molar-refractivity contribution >= 4 is 28.3 Å². The number of rotatable bonds is 6. The molecule has 1 N–H and O–H groups in total. The molecule has 138 valence electrons. The van der Waals surface area contributed by atoms with E-state index in [0.29, 0.717) is 24.5 Å². The molecule has 0 unspecified atom stereocenters. The molecule has 0 aliphatic carbocycles. The highest BCUT2D eigenvalue weighted by molar-refractivity contribution is 7.10. The van der Waals surface area contributed by atoms with E-state index in [1.165, 1.54) is 10.4 Å². The van der Waals surface area contributed by atoms with Crippen molar-refractivity contribution < 1.29 is 9.32 Å². The molecule has 0 spiro atoms. The number of hydrogen-bond donors (Lipinski definition) is 1. The number of para-hydroxylation sites is 2. The van der Waals surface area contributed by atoms with Crippen LogP contribution in [0.5, 0.6) is 0 Å². The van der Waals surface area contributed by atoms with E-state index >= 15 is 0 Å². The number of hydrogen-bond acceptors (Lipinski definition) is 5. The lowest BCUT2D eigenvalue weighted by Crippen LogP contribution is -2.25. The lowest BCUT2D eigenvalue weighted by molar-refractivity contribution is 0.0945. The third kappa shape index (κ3) is 3.64. The van der Waals surface area contributed by atoms with Crippen LogP contribution in [-0.2, 0) is 13.0 Å². The number of amides is 1. The summed E-state index contributed by atoms with van der Waals surface area (Å²) in [6.07, 6.45) is 0.820. The topological polar surface area (TPSA) is 73.0 Å². The van der Waals surface area contributed by atoms with Gasteiger partial charge >= 0.3 is 0 Å². The Morgan fingerprint density at radius 1 is 1.26 bits per heavy atom. The molecule has 1 amide bonds. The van der Waals surface area contributed by atoms with Crippen LogP contribution >= 0.6 is 11.3 Å². The van der Waals surface area contributed by atoms with Gasteiger partial charge in [0, 0.05) is 17.5 Å². The second-order valence-electron chi connectivity index (χ2n) is 6.45. The van der Waals surface area contributed by atoms with E-state index in [-0.39, 0.29) is 5.91 Å². The Bertz CT molecular complexity index is 1090. The molecular weight excluding hydrogens is 360 g/mol. The Morgan fingerprint density at radius 3 is 2.93 bits per heavy atom. The minimum Gasteiger partial charge on any atom is -0.359 e. The zero-order valence-corrected chi connectivity index (χ0v) is 16.0. The van der Waals surface area contributed by atoms with E-state index < -0.39 is 0 Å². The highest BCUT2D eigenvalue weighted by Gasteiger charge is 2.15. The minimum atomic E-state index is -0.216. The zero-order chi connectivity index (χ0) is 18.8. The van der Waals surface area contributed by atoms with Gasteiger partial charge in [-0.2, -0.15) is 0 Å². The number of benzene rings is 1. The van der Waals surface area contributed by atoms with Crippen LogP contribution in [0.3, 0.4) is 0 Å². The molecule has 27 heavy (non-hydrogen) atoms. The molecule has 7 heteroatoms. The number of aryl methyl sites for hydroxylation is 2. The molecule has 0 aliphatic heterocycles. The molecule has 4 aromatic rings. The van der Waals surface area contributed by atoms with Crippen LogP contribution < -0.4 is 5.32 Å². The molecule has 4 rings (SSSR count). The van der Waals surface area contributed by atoms with Crippen molar-refractivity contribution in [3.8, 4) is 0 Å². The van der Waals surface area contributed by atoms with Gasteiger partial charge in [0.05, 0.1) is 17.6 Å². The third-order valence-electron chi connectivity index (χ3n) is 4.56. The molecule has 0 radical (unpaired) electrons. The first-order chi connectivity index (χ1) is 13.1. The second kappa shape index (κ2) is 7.36. The molecule has 0 atom stereocenters. The van der Waals surface area contributed by atoms with Gasteiger partial charge in [0.2, 0.25) is 0 Å². The molecule has 3 aromatic heterocycles. The molecule has 0 saturated heterocycles. The number of aromatic nitrogens is 3. The maximum atomic E-state index is 12.3. The molecule has 0 fully saturated rings. The van der Waals surface area contributed by atoms with Gasteiger partial charge in [0.1, 0.15) is 5.82 Å². The van der Waals surface area contributed by atoms with E-state index in [2.05, 4.69) is 38.4 Å². The van der Waals surface area contributed by atoms with Crippen LogP contribution in [0.15, 0.2) is 46.3 Å². The van der Waals surface area contributed by atoms with Crippen molar-refractivity contribution in [2.24, 2.45) is 0 Å². The van der Waals surface area contributed by atoms with Crippen LogP contribution in [-0.4, -0.2) is 27.2 Å². The summed E-state index contributed by atoms with van der Waals surface area (Å²) in [6, 6.07) is 11.7. The highest BCUT2D eigenvalue weighted by atomic mass is 32.1. The second-order valence-corrected chi connectivity index (χ2v) is 7.45. The van der Waals surface area contributed by atoms with Crippen LogP contribution in [0.2, 0.25) is 0 Å². The van der Waals surface area contributed by atoms with E-state index in [0.717, 1.165) is 23.3 Å². The number of carbonyl (C=O) groups excluding carboxylic acids is 1. The number of nitrogens with one attached hydrogen (secondary N) is 1. The van der Waals surface area contributed by atoms with Crippen LogP contribution in [0.4, 0.5) is 0 Å². The summed E-state index contributed by atoms with van der Waals surface area (Å²) < 4.78 is 7.43. The summed E-state index contributed by atoms with van der Waals surface area (Å²) in [7, 11) is 0. The number of carbonyl (C=O) groups is 1. The van der Waals surface area contributed by atoms with Crippen LogP contribution in [0, 0.1) is 13.8 Å². The van der Waals surface area contributed by atoms with Gasteiger partial charge in [-0.05, 0) is 49.4 Å². The van der Waals surface area contributed by atoms with Crippen molar-refractivity contribution in [3.05, 3.63) is 69.5 Å². The monoisotopic (exact) mass is 380 g/mol. The fraction of sp³-hybridized carbons (Fsp3) is 0.250. The molecule has 0 aliphatic rings. The maximum absolute atomic E-state index is 12.3. The molecule has 3 heterocycles. The Morgan fingerprint density at radius 2 is 2.11 bits per heavy atom. The molecule has 6 nitrogen and oxygen atoms in total. The first-order valence-corrected chi connectivity index (χ1v) is 9.68. The van der Waals surface area contributed by atoms with Crippen molar-refractivity contribution in [3.63, 3.8) is 0 Å². The van der Waals surface area contributed by atoms with Gasteiger partial charge in [0.15, 0.2) is 11.5 Å². The van der Waals surface area contributed by atoms with Crippen molar-refractivity contribution in [1.29, 1.82) is 0 Å². The summed E-state index contributed by atoms with van der Waals surface area (Å²) in [6.45, 7) is 5.10. The lowest BCUT2D eigenvalue weighted by atomic mass is 10.2. The number of imidazole rings is 1. The first-order valence-electron chi connectivity index (χ1n) is 8.80. The fourth-order valence-electron chi connectivity index (χ4n) is 3.09. The van der Waals surface area contributed by atoms with E-state index in [4.69, 9.17) is 4.52 Å². The van der Waals surface area contributed by atoms with Gasteiger partial charge in [-0.1, -0.05) is 17.3 Å². The normalized spacial score (nSPS) is 11.2. The summed E-state index contributed by atoms with van der Waals surface area (Å²) in [4.78, 5) is 18.1. The molecule has 0 bridgehead atoms. The summed E-state index contributed by atoms with van der Waals surface area (Å²) in [5, 5.41) is 8.89. The lowest BCUT2D eigenvalue weighted by Gasteiger charge is -2.03. The summed E-state index contributed by atoms with van der Waals surface area (Å²) in [5.74, 6) is 1.30. The van der Waals surface area contributed by atoms with E-state index in [9.17, 15) is 4.79 Å². The summed E-state index contributed by atoms with van der Waals surface area (Å²) >= 11 is 1.71. The summed E-state index contributed by atoms with van der Waals surface area (Å²) in [5.41, 5.74) is 3.54. The molecule has 1 aromatic carbocycles. The fourth-order valence-corrected chi connectivity index (χ4v) is 4.00. The van der Waals surface area contributed by atoms with Crippen molar-refractivity contribution in [2.45, 2.75) is 26.8 Å². The van der Waals surface area contributed by atoms with Crippen molar-refractivity contribution in [1.82, 2.24) is 20.0 Å². The van der Waals surface area contributed by atoms with Gasteiger partial charge in [-0.15, -0.1) is 11.3 Å². The van der Waals surface area contributed by atoms with Gasteiger partial charge in [-0.25, -0.2) is 4.98 Å². The quantitative estimate of drug-likeness (QED) is 0.553. The van der Waals surface area contributed by atoms with Crippen LogP contribution in [0.1, 0.15) is 32.5 Å². The Kier molecular flexibility index (Phi) is 4.77. The Balaban J connectivity index is 1.41. The van der Waals surface area contributed by atoms with Crippen LogP contribution in [0.25, 0.3) is 11.0 Å². The average Bonchev–Trinajstić information content (AvgIpc) is 3.36. The Hall–Kier alpha value is -2.93. The predicted octanol–water partition coefficient (Wildman–Crippen LogP) is 3.72. The first kappa shape index (κ1) is 17.5. The van der Waals surface area contributed by atoms with Crippen molar-refractivity contribution in [2.75, 3.05) is 6.54 Å². The number of nitrogens with zero attached hydrogens (tertiary/aromatic N) is 3. The predicted molar refractivity (Wildman–Crippen MR) is 105 cm³/mol. The van der Waals surface area contributed by atoms with Gasteiger partial charge in [0.25, 0.3) is 5.91 Å². The minimum absolute atomic E-state index is 0.216. The van der Waals surface area contributed by atoms with E-state index in [1.807, 2.05) is 31.2 Å². The Labute approximate surface area is 160 Å².